The molecule has 0 aliphatic rings. The molecule has 2 rings (SSSR count). The summed E-state index contributed by atoms with van der Waals surface area (Å²) in [6, 6.07) is 16.1. The number of nitro groups is 1. The van der Waals surface area contributed by atoms with Crippen molar-refractivity contribution in [3.63, 3.8) is 0 Å². The lowest BCUT2D eigenvalue weighted by atomic mass is 10.1. The van der Waals surface area contributed by atoms with Gasteiger partial charge >= 0.3 is 0 Å². The van der Waals surface area contributed by atoms with Crippen LogP contribution in [-0.4, -0.2) is 11.5 Å². The first-order valence-electron chi connectivity index (χ1n) is 6.18. The highest BCUT2D eigenvalue weighted by Gasteiger charge is 2.17. The van der Waals surface area contributed by atoms with Crippen LogP contribution in [0.15, 0.2) is 48.5 Å². The fraction of sp³-hybridized carbons (Fsp3) is 0.133. The number of nitriles is 1. The lowest BCUT2D eigenvalue weighted by molar-refractivity contribution is -0.385. The van der Waals surface area contributed by atoms with E-state index in [1.165, 1.54) is 12.1 Å². The molecule has 0 unspecified atom stereocenters. The van der Waals surface area contributed by atoms with Gasteiger partial charge < -0.3 is 4.90 Å². The summed E-state index contributed by atoms with van der Waals surface area (Å²) >= 11 is 0. The van der Waals surface area contributed by atoms with Crippen molar-refractivity contribution >= 4 is 17.1 Å². The fourth-order valence-electron chi connectivity index (χ4n) is 2.06. The van der Waals surface area contributed by atoms with Gasteiger partial charge in [-0.3, -0.25) is 10.1 Å². The summed E-state index contributed by atoms with van der Waals surface area (Å²) in [7, 11) is 0. The monoisotopic (exact) mass is 267 g/mol. The van der Waals surface area contributed by atoms with E-state index in [9.17, 15) is 10.1 Å². The van der Waals surface area contributed by atoms with Crippen LogP contribution in [0, 0.1) is 21.4 Å². The Bertz CT molecular complexity index is 663. The van der Waals surface area contributed by atoms with Crippen molar-refractivity contribution in [2.45, 2.75) is 6.92 Å². The first-order chi connectivity index (χ1) is 9.67. The number of nitro benzene ring substituents is 1. The third-order valence-electron chi connectivity index (χ3n) is 2.99. The summed E-state index contributed by atoms with van der Waals surface area (Å²) in [4.78, 5) is 12.4. The van der Waals surface area contributed by atoms with Gasteiger partial charge in [0.2, 0.25) is 0 Å². The molecule has 0 fully saturated rings. The van der Waals surface area contributed by atoms with E-state index < -0.39 is 4.92 Å². The Morgan fingerprint density at radius 3 is 2.45 bits per heavy atom. The van der Waals surface area contributed by atoms with Crippen molar-refractivity contribution < 1.29 is 4.92 Å². The SMILES string of the molecule is CCN(c1ccccc1)c1ccc(C#N)c([N+](=O)[O-])c1. The van der Waals surface area contributed by atoms with Crippen LogP contribution >= 0.6 is 0 Å². The molecule has 0 N–H and O–H groups in total. The molecule has 0 heterocycles. The van der Waals surface area contributed by atoms with Crippen LogP contribution in [0.5, 0.6) is 0 Å². The quantitative estimate of drug-likeness (QED) is 0.626. The highest BCUT2D eigenvalue weighted by Crippen LogP contribution is 2.29. The minimum absolute atomic E-state index is 0.0721. The highest BCUT2D eigenvalue weighted by molar-refractivity contribution is 5.68. The molecule has 0 atom stereocenters. The second-order valence-electron chi connectivity index (χ2n) is 4.15. The molecule has 2 aromatic rings. The van der Waals surface area contributed by atoms with E-state index in [4.69, 9.17) is 5.26 Å². The van der Waals surface area contributed by atoms with E-state index in [1.54, 1.807) is 6.07 Å². The molecule has 0 aliphatic heterocycles. The molecular formula is C15H13N3O2. The maximum absolute atomic E-state index is 11.0. The zero-order valence-corrected chi connectivity index (χ0v) is 11.0. The topological polar surface area (TPSA) is 70.2 Å². The third-order valence-corrected chi connectivity index (χ3v) is 2.99. The van der Waals surface area contributed by atoms with Gasteiger partial charge in [0, 0.05) is 24.0 Å². The van der Waals surface area contributed by atoms with E-state index in [0.717, 1.165) is 5.69 Å². The molecule has 100 valence electrons. The minimum Gasteiger partial charge on any atom is -0.342 e. The second kappa shape index (κ2) is 5.85. The van der Waals surface area contributed by atoms with Gasteiger partial charge in [0.15, 0.2) is 0 Å². The molecule has 5 heteroatoms. The highest BCUT2D eigenvalue weighted by atomic mass is 16.6. The minimum atomic E-state index is -0.527. The van der Waals surface area contributed by atoms with E-state index >= 15 is 0 Å². The lowest BCUT2D eigenvalue weighted by Gasteiger charge is -2.23. The van der Waals surface area contributed by atoms with Crippen molar-refractivity contribution in [1.29, 1.82) is 5.26 Å². The van der Waals surface area contributed by atoms with E-state index in [-0.39, 0.29) is 11.3 Å². The number of para-hydroxylation sites is 1. The Morgan fingerprint density at radius 1 is 1.20 bits per heavy atom. The Balaban J connectivity index is 2.49. The number of hydrogen-bond acceptors (Lipinski definition) is 4. The van der Waals surface area contributed by atoms with Gasteiger partial charge in [0.1, 0.15) is 11.6 Å². The van der Waals surface area contributed by atoms with Gasteiger partial charge in [-0.25, -0.2) is 0 Å². The number of anilines is 2. The van der Waals surface area contributed by atoms with Crippen LogP contribution in [0.3, 0.4) is 0 Å². The number of benzene rings is 2. The van der Waals surface area contributed by atoms with Crippen LogP contribution in [0.4, 0.5) is 17.1 Å². The maximum Gasteiger partial charge on any atom is 0.289 e. The average molecular weight is 267 g/mol. The number of nitrogens with zero attached hydrogens (tertiary/aromatic N) is 3. The predicted molar refractivity (Wildman–Crippen MR) is 76.9 cm³/mol. The summed E-state index contributed by atoms with van der Waals surface area (Å²) in [6.45, 7) is 2.64. The van der Waals surface area contributed by atoms with Crippen molar-refractivity contribution in [2.75, 3.05) is 11.4 Å². The molecule has 0 saturated carbocycles. The molecule has 0 bridgehead atoms. The van der Waals surface area contributed by atoms with Crippen LogP contribution in [0.2, 0.25) is 0 Å². The summed E-state index contributed by atoms with van der Waals surface area (Å²) in [5.74, 6) is 0. The standard InChI is InChI=1S/C15H13N3O2/c1-2-17(13-6-4-3-5-7-13)14-9-8-12(11-16)15(10-14)18(19)20/h3-10H,2H2,1H3. The molecular weight excluding hydrogens is 254 g/mol. The van der Waals surface area contributed by atoms with Gasteiger partial charge in [-0.1, -0.05) is 18.2 Å². The van der Waals surface area contributed by atoms with Crippen molar-refractivity contribution in [1.82, 2.24) is 0 Å². The first-order valence-corrected chi connectivity index (χ1v) is 6.18. The first kappa shape index (κ1) is 13.6. The van der Waals surface area contributed by atoms with Crippen molar-refractivity contribution in [2.24, 2.45) is 0 Å². The third kappa shape index (κ3) is 2.59. The molecule has 0 saturated heterocycles. The van der Waals surface area contributed by atoms with Crippen molar-refractivity contribution in [3.8, 4) is 6.07 Å². The maximum atomic E-state index is 11.0. The van der Waals surface area contributed by atoms with Gasteiger partial charge in [0.05, 0.1) is 4.92 Å². The van der Waals surface area contributed by atoms with E-state index in [1.807, 2.05) is 48.2 Å². The zero-order valence-electron chi connectivity index (χ0n) is 11.0. The normalized spacial score (nSPS) is 9.80. The molecule has 0 aromatic heterocycles. The summed E-state index contributed by atoms with van der Waals surface area (Å²) < 4.78 is 0. The fourth-order valence-corrected chi connectivity index (χ4v) is 2.06. The smallest absolute Gasteiger partial charge is 0.289 e. The molecule has 0 radical (unpaired) electrons. The largest absolute Gasteiger partial charge is 0.342 e. The summed E-state index contributed by atoms with van der Waals surface area (Å²) in [5.41, 5.74) is 1.56. The molecule has 0 aliphatic carbocycles. The lowest BCUT2D eigenvalue weighted by Crippen LogP contribution is -2.16. The molecule has 5 nitrogen and oxygen atoms in total. The molecule has 20 heavy (non-hydrogen) atoms. The van der Waals surface area contributed by atoms with Crippen molar-refractivity contribution in [3.05, 3.63) is 64.2 Å². The summed E-state index contributed by atoms with van der Waals surface area (Å²) in [6.07, 6.45) is 0. The van der Waals surface area contributed by atoms with Gasteiger partial charge in [-0.2, -0.15) is 5.26 Å². The van der Waals surface area contributed by atoms with Gasteiger partial charge in [0.25, 0.3) is 5.69 Å². The molecule has 0 amide bonds. The van der Waals surface area contributed by atoms with Gasteiger partial charge in [-0.15, -0.1) is 0 Å². The van der Waals surface area contributed by atoms with Gasteiger partial charge in [-0.05, 0) is 31.2 Å². The number of hydrogen-bond donors (Lipinski definition) is 0. The number of rotatable bonds is 4. The van der Waals surface area contributed by atoms with Crippen LogP contribution in [0.25, 0.3) is 0 Å². The molecule has 0 spiro atoms. The average Bonchev–Trinajstić information content (AvgIpc) is 2.49. The van der Waals surface area contributed by atoms with E-state index in [0.29, 0.717) is 12.2 Å². The Kier molecular flexibility index (Phi) is 3.96. The Hall–Kier alpha value is -2.87. The zero-order chi connectivity index (χ0) is 14.5. The predicted octanol–water partition coefficient (Wildman–Crippen LogP) is 3.62. The van der Waals surface area contributed by atoms with Crippen LogP contribution < -0.4 is 4.90 Å². The second-order valence-corrected chi connectivity index (χ2v) is 4.15. The molecule has 2 aromatic carbocycles. The van der Waals surface area contributed by atoms with E-state index in [2.05, 4.69) is 0 Å². The van der Waals surface area contributed by atoms with Crippen LogP contribution in [-0.2, 0) is 0 Å². The Labute approximate surface area is 116 Å². The van der Waals surface area contributed by atoms with Crippen LogP contribution in [0.1, 0.15) is 12.5 Å². The Morgan fingerprint density at radius 2 is 1.90 bits per heavy atom. The summed E-state index contributed by atoms with van der Waals surface area (Å²) in [5, 5.41) is 19.9.